The fourth-order valence-electron chi connectivity index (χ4n) is 2.87. The molecule has 0 spiro atoms. The number of carbonyl (C=O) groups excluding carboxylic acids is 2. The first kappa shape index (κ1) is 20.1. The first-order valence-electron chi connectivity index (χ1n) is 9.09. The molecule has 0 saturated carbocycles. The number of ketones is 1. The van der Waals surface area contributed by atoms with E-state index in [4.69, 9.17) is 10.1 Å². The standard InChI is InChI=1S/C22H17N3O3S2/c23-21-19(22-24-10-11-29-22)20(27)17(30-21)12-14-6-8-16(9-7-14)28-13-18(26)25-15-4-2-1-3-5-15/h1-12,19,23H,13H2,(H,25,26). The number of nitrogens with zero attached hydrogens (tertiary/aromatic N) is 1. The largest absolute Gasteiger partial charge is 0.484 e. The van der Waals surface area contributed by atoms with Crippen LogP contribution in [0.25, 0.3) is 6.08 Å². The minimum Gasteiger partial charge on any atom is -0.484 e. The fourth-order valence-corrected chi connectivity index (χ4v) is 4.68. The number of Topliss-reactive ketones (excluding diaryl/α,β-unsaturated/α-hetero) is 1. The number of aromatic nitrogens is 1. The topological polar surface area (TPSA) is 92.1 Å². The summed E-state index contributed by atoms with van der Waals surface area (Å²) in [7, 11) is 0. The second-order valence-corrected chi connectivity index (χ2v) is 8.42. The smallest absolute Gasteiger partial charge is 0.262 e. The predicted octanol–water partition coefficient (Wildman–Crippen LogP) is 4.58. The number of ether oxygens (including phenoxy) is 1. The molecule has 6 nitrogen and oxygen atoms in total. The zero-order valence-corrected chi connectivity index (χ0v) is 17.3. The number of thiazole rings is 1. The van der Waals surface area contributed by atoms with Crippen LogP contribution in [-0.2, 0) is 9.59 Å². The molecule has 1 saturated heterocycles. The molecule has 1 fully saturated rings. The summed E-state index contributed by atoms with van der Waals surface area (Å²) in [5.74, 6) is -0.379. The SMILES string of the molecule is N=C1SC(=Cc2ccc(OCC(=O)Nc3ccccc3)cc2)C(=O)C1c1nccs1. The Morgan fingerprint density at radius 1 is 1.17 bits per heavy atom. The lowest BCUT2D eigenvalue weighted by molar-refractivity contribution is -0.118. The molecule has 150 valence electrons. The van der Waals surface area contributed by atoms with Crippen molar-refractivity contribution in [3.05, 3.63) is 81.7 Å². The van der Waals surface area contributed by atoms with Crippen LogP contribution in [0.15, 0.2) is 71.1 Å². The Bertz CT molecular complexity index is 1090. The molecular formula is C22H17N3O3S2. The molecule has 1 aliphatic heterocycles. The van der Waals surface area contributed by atoms with E-state index in [9.17, 15) is 9.59 Å². The lowest BCUT2D eigenvalue weighted by Crippen LogP contribution is -2.20. The summed E-state index contributed by atoms with van der Waals surface area (Å²) in [5.41, 5.74) is 1.54. The molecule has 4 rings (SSSR count). The first-order chi connectivity index (χ1) is 14.6. The Hall–Kier alpha value is -3.23. The van der Waals surface area contributed by atoms with Gasteiger partial charge in [0, 0.05) is 17.3 Å². The molecule has 2 N–H and O–H groups in total. The van der Waals surface area contributed by atoms with Crippen LogP contribution in [0.2, 0.25) is 0 Å². The molecule has 1 aromatic heterocycles. The highest BCUT2D eigenvalue weighted by molar-refractivity contribution is 8.19. The maximum atomic E-state index is 12.7. The molecule has 0 aliphatic carbocycles. The van der Waals surface area contributed by atoms with E-state index in [1.54, 1.807) is 41.9 Å². The van der Waals surface area contributed by atoms with Crippen molar-refractivity contribution in [2.24, 2.45) is 0 Å². The van der Waals surface area contributed by atoms with Gasteiger partial charge < -0.3 is 10.1 Å². The van der Waals surface area contributed by atoms with Gasteiger partial charge in [-0.05, 0) is 35.9 Å². The highest BCUT2D eigenvalue weighted by Gasteiger charge is 2.38. The number of anilines is 1. The van der Waals surface area contributed by atoms with Crippen LogP contribution in [0.3, 0.4) is 0 Å². The first-order valence-corrected chi connectivity index (χ1v) is 10.8. The van der Waals surface area contributed by atoms with Crippen LogP contribution in [0.1, 0.15) is 16.5 Å². The summed E-state index contributed by atoms with van der Waals surface area (Å²) in [6.45, 7) is -0.101. The summed E-state index contributed by atoms with van der Waals surface area (Å²) in [6, 6.07) is 16.3. The number of rotatable bonds is 6. The summed E-state index contributed by atoms with van der Waals surface area (Å²) in [4.78, 5) is 29.4. The van der Waals surface area contributed by atoms with Gasteiger partial charge in [0.15, 0.2) is 12.4 Å². The van der Waals surface area contributed by atoms with Crippen molar-refractivity contribution in [2.45, 2.75) is 5.92 Å². The third-order valence-corrected chi connectivity index (χ3v) is 6.13. The van der Waals surface area contributed by atoms with Gasteiger partial charge in [-0.3, -0.25) is 15.0 Å². The van der Waals surface area contributed by atoms with Gasteiger partial charge in [0.25, 0.3) is 5.91 Å². The molecule has 30 heavy (non-hydrogen) atoms. The van der Waals surface area contributed by atoms with Gasteiger partial charge in [0.05, 0.1) is 9.95 Å². The minimum absolute atomic E-state index is 0.0992. The van der Waals surface area contributed by atoms with Gasteiger partial charge in [-0.15, -0.1) is 11.3 Å². The second-order valence-electron chi connectivity index (χ2n) is 6.41. The normalized spacial score (nSPS) is 17.3. The van der Waals surface area contributed by atoms with Gasteiger partial charge in [-0.25, -0.2) is 4.98 Å². The van der Waals surface area contributed by atoms with Crippen molar-refractivity contribution in [1.29, 1.82) is 5.41 Å². The van der Waals surface area contributed by atoms with E-state index in [-0.39, 0.29) is 18.3 Å². The lowest BCUT2D eigenvalue weighted by atomic mass is 10.1. The van der Waals surface area contributed by atoms with E-state index in [1.165, 1.54) is 23.1 Å². The highest BCUT2D eigenvalue weighted by atomic mass is 32.2. The Balaban J connectivity index is 1.36. The van der Waals surface area contributed by atoms with E-state index >= 15 is 0 Å². The molecule has 1 unspecified atom stereocenters. The lowest BCUT2D eigenvalue weighted by Gasteiger charge is -2.07. The van der Waals surface area contributed by atoms with Crippen molar-refractivity contribution in [2.75, 3.05) is 11.9 Å². The Kier molecular flexibility index (Phi) is 6.06. The van der Waals surface area contributed by atoms with Crippen LogP contribution < -0.4 is 10.1 Å². The highest BCUT2D eigenvalue weighted by Crippen LogP contribution is 2.41. The number of thioether (sulfide) groups is 1. The molecule has 0 radical (unpaired) electrons. The molecule has 2 heterocycles. The van der Waals surface area contributed by atoms with Crippen LogP contribution in [0.4, 0.5) is 5.69 Å². The average molecular weight is 436 g/mol. The molecule has 2 aromatic carbocycles. The maximum absolute atomic E-state index is 12.7. The maximum Gasteiger partial charge on any atom is 0.262 e. The molecule has 0 bridgehead atoms. The molecule has 8 heteroatoms. The number of hydrogen-bond donors (Lipinski definition) is 2. The van der Waals surface area contributed by atoms with Crippen LogP contribution in [-0.4, -0.2) is 28.3 Å². The minimum atomic E-state index is -0.591. The zero-order chi connectivity index (χ0) is 20.9. The molecule has 1 atom stereocenters. The van der Waals surface area contributed by atoms with Gasteiger partial charge in [-0.2, -0.15) is 0 Å². The quantitative estimate of drug-likeness (QED) is 0.553. The second kappa shape index (κ2) is 9.06. The third kappa shape index (κ3) is 4.67. The Morgan fingerprint density at radius 3 is 2.63 bits per heavy atom. The number of carbonyl (C=O) groups is 2. The third-order valence-electron chi connectivity index (χ3n) is 4.29. The molecule has 1 aliphatic rings. The number of allylic oxidation sites excluding steroid dienone is 1. The van der Waals surface area contributed by atoms with E-state index in [1.807, 2.05) is 30.3 Å². The van der Waals surface area contributed by atoms with E-state index in [0.29, 0.717) is 26.4 Å². The van der Waals surface area contributed by atoms with Gasteiger partial charge in [0.2, 0.25) is 0 Å². The monoisotopic (exact) mass is 435 g/mol. The van der Waals surface area contributed by atoms with Gasteiger partial charge >= 0.3 is 0 Å². The van der Waals surface area contributed by atoms with E-state index in [0.717, 1.165) is 5.56 Å². The summed E-state index contributed by atoms with van der Waals surface area (Å²) >= 11 is 2.56. The number of benzene rings is 2. The fraction of sp³-hybridized carbons (Fsp3) is 0.0909. The van der Waals surface area contributed by atoms with Crippen molar-refractivity contribution in [1.82, 2.24) is 4.98 Å². The number of hydrogen-bond acceptors (Lipinski definition) is 7. The number of nitrogens with one attached hydrogen (secondary N) is 2. The molecular weight excluding hydrogens is 418 g/mol. The summed E-state index contributed by atoms with van der Waals surface area (Å²) in [5, 5.41) is 13.6. The van der Waals surface area contributed by atoms with Crippen LogP contribution in [0.5, 0.6) is 5.75 Å². The average Bonchev–Trinajstić information content (AvgIpc) is 3.36. The van der Waals surface area contributed by atoms with Crippen molar-refractivity contribution >= 4 is 51.6 Å². The molecule has 1 amide bonds. The van der Waals surface area contributed by atoms with Crippen molar-refractivity contribution in [3.8, 4) is 5.75 Å². The number of amides is 1. The predicted molar refractivity (Wildman–Crippen MR) is 120 cm³/mol. The zero-order valence-electron chi connectivity index (χ0n) is 15.7. The molecule has 3 aromatic rings. The Morgan fingerprint density at radius 2 is 1.93 bits per heavy atom. The van der Waals surface area contributed by atoms with Crippen molar-refractivity contribution in [3.63, 3.8) is 0 Å². The van der Waals surface area contributed by atoms with Crippen LogP contribution in [0, 0.1) is 5.41 Å². The Labute approximate surface area is 181 Å². The number of para-hydroxylation sites is 1. The van der Waals surface area contributed by atoms with E-state index < -0.39 is 5.92 Å². The van der Waals surface area contributed by atoms with Gasteiger partial charge in [0.1, 0.15) is 16.7 Å². The summed E-state index contributed by atoms with van der Waals surface area (Å²) in [6.07, 6.45) is 3.41. The van der Waals surface area contributed by atoms with Crippen LogP contribution >= 0.6 is 23.1 Å². The van der Waals surface area contributed by atoms with Crippen molar-refractivity contribution < 1.29 is 14.3 Å². The summed E-state index contributed by atoms with van der Waals surface area (Å²) < 4.78 is 5.52. The van der Waals surface area contributed by atoms with Gasteiger partial charge in [-0.1, -0.05) is 42.1 Å². The van der Waals surface area contributed by atoms with E-state index in [2.05, 4.69) is 10.3 Å².